The van der Waals surface area contributed by atoms with Crippen LogP contribution in [0.25, 0.3) is 0 Å². The van der Waals surface area contributed by atoms with Gasteiger partial charge in [-0.2, -0.15) is 13.2 Å². The van der Waals surface area contributed by atoms with E-state index in [0.717, 1.165) is 6.07 Å². The predicted octanol–water partition coefficient (Wildman–Crippen LogP) is 4.24. The van der Waals surface area contributed by atoms with Gasteiger partial charge in [0.25, 0.3) is 0 Å². The third kappa shape index (κ3) is 2.77. The Morgan fingerprint density at radius 1 is 1.44 bits per heavy atom. The lowest BCUT2D eigenvalue weighted by atomic mass is 9.99. The van der Waals surface area contributed by atoms with Crippen molar-refractivity contribution in [2.45, 2.75) is 13.1 Å². The maximum atomic E-state index is 12.7. The first-order chi connectivity index (χ1) is 7.27. The number of Topliss-reactive ketones (excluding diaryl/α,β-unsaturated/α-hetero) is 1. The van der Waals surface area contributed by atoms with Crippen LogP contribution < -0.4 is 0 Å². The Labute approximate surface area is 104 Å². The highest BCUT2D eigenvalue weighted by Crippen LogP contribution is 2.36. The zero-order valence-electron chi connectivity index (χ0n) is 8.16. The van der Waals surface area contributed by atoms with Gasteiger partial charge in [-0.25, -0.2) is 0 Å². The molecule has 0 fully saturated rings. The maximum absolute atomic E-state index is 12.7. The van der Waals surface area contributed by atoms with E-state index in [9.17, 15) is 18.0 Å². The zero-order chi connectivity index (χ0) is 12.5. The van der Waals surface area contributed by atoms with Gasteiger partial charge < -0.3 is 0 Å². The molecule has 0 saturated carbocycles. The molecule has 0 radical (unpaired) electrons. The Morgan fingerprint density at radius 2 is 2.00 bits per heavy atom. The Kier molecular flexibility index (Phi) is 4.02. The van der Waals surface area contributed by atoms with E-state index in [4.69, 9.17) is 11.6 Å². The quantitative estimate of drug-likeness (QED) is 0.589. The molecule has 0 bridgehead atoms. The highest BCUT2D eigenvalue weighted by atomic mass is 79.9. The number of benzene rings is 1. The van der Waals surface area contributed by atoms with Crippen molar-refractivity contribution < 1.29 is 18.0 Å². The molecule has 88 valence electrons. The lowest BCUT2D eigenvalue weighted by Crippen LogP contribution is -2.15. The first-order valence-corrected chi connectivity index (χ1v) is 5.74. The monoisotopic (exact) mass is 314 g/mol. The van der Waals surface area contributed by atoms with E-state index in [1.54, 1.807) is 0 Å². The fourth-order valence-electron chi connectivity index (χ4n) is 1.41. The van der Waals surface area contributed by atoms with E-state index in [1.165, 1.54) is 13.0 Å². The summed E-state index contributed by atoms with van der Waals surface area (Å²) in [6.45, 7) is 1.28. The molecule has 0 amide bonds. The molecule has 0 aliphatic heterocycles. The molecule has 1 nitrogen and oxygen atoms in total. The first kappa shape index (κ1) is 13.5. The van der Waals surface area contributed by atoms with E-state index in [0.29, 0.717) is 0 Å². The number of ketones is 1. The van der Waals surface area contributed by atoms with Crippen LogP contribution in [0.4, 0.5) is 13.2 Å². The second-order valence-corrected chi connectivity index (χ2v) is 4.20. The van der Waals surface area contributed by atoms with Gasteiger partial charge in [0.15, 0.2) is 5.78 Å². The average Bonchev–Trinajstić information content (AvgIpc) is 2.12. The van der Waals surface area contributed by atoms with Crippen molar-refractivity contribution in [2.75, 3.05) is 5.33 Å². The third-order valence-electron chi connectivity index (χ3n) is 2.01. The molecule has 0 heterocycles. The lowest BCUT2D eigenvalue weighted by Gasteiger charge is -2.14. The molecule has 16 heavy (non-hydrogen) atoms. The number of halogens is 5. The molecular formula is C10H7BrClF3O. The Bertz CT molecular complexity index is 429. The normalized spacial score (nSPS) is 11.6. The second-order valence-electron chi connectivity index (χ2n) is 3.20. The summed E-state index contributed by atoms with van der Waals surface area (Å²) in [6, 6.07) is 2.23. The summed E-state index contributed by atoms with van der Waals surface area (Å²) in [7, 11) is 0. The van der Waals surface area contributed by atoms with Gasteiger partial charge >= 0.3 is 6.18 Å². The van der Waals surface area contributed by atoms with E-state index < -0.39 is 23.1 Å². The lowest BCUT2D eigenvalue weighted by molar-refractivity contribution is -0.138. The van der Waals surface area contributed by atoms with Gasteiger partial charge in [0, 0.05) is 10.6 Å². The van der Waals surface area contributed by atoms with Crippen molar-refractivity contribution >= 4 is 33.3 Å². The molecule has 6 heteroatoms. The molecular weight excluding hydrogens is 308 g/mol. The standard InChI is InChI=1S/C10H7BrClF3O/c1-5-2-6(12)3-7(8(16)4-11)9(5)10(13,14)15/h2-3H,4H2,1H3. The molecule has 0 aliphatic rings. The third-order valence-corrected chi connectivity index (χ3v) is 2.73. The highest BCUT2D eigenvalue weighted by molar-refractivity contribution is 9.09. The van der Waals surface area contributed by atoms with Crippen LogP contribution in [-0.4, -0.2) is 11.1 Å². The van der Waals surface area contributed by atoms with E-state index >= 15 is 0 Å². The zero-order valence-corrected chi connectivity index (χ0v) is 10.5. The van der Waals surface area contributed by atoms with Gasteiger partial charge in [0.05, 0.1) is 10.9 Å². The van der Waals surface area contributed by atoms with E-state index in [-0.39, 0.29) is 15.9 Å². The number of hydrogen-bond acceptors (Lipinski definition) is 1. The van der Waals surface area contributed by atoms with Crippen molar-refractivity contribution in [1.82, 2.24) is 0 Å². The molecule has 0 spiro atoms. The van der Waals surface area contributed by atoms with Crippen LogP contribution in [0.1, 0.15) is 21.5 Å². The van der Waals surface area contributed by atoms with Crippen LogP contribution in [-0.2, 0) is 6.18 Å². The summed E-state index contributed by atoms with van der Waals surface area (Å²) in [6.07, 6.45) is -4.55. The SMILES string of the molecule is Cc1cc(Cl)cc(C(=O)CBr)c1C(F)(F)F. The Morgan fingerprint density at radius 3 is 2.44 bits per heavy atom. The number of carbonyl (C=O) groups is 1. The van der Waals surface area contributed by atoms with Gasteiger partial charge in [0.1, 0.15) is 0 Å². The van der Waals surface area contributed by atoms with Gasteiger partial charge in [-0.05, 0) is 24.6 Å². The minimum Gasteiger partial charge on any atom is -0.293 e. The molecule has 1 rings (SSSR count). The van der Waals surface area contributed by atoms with Gasteiger partial charge in [-0.1, -0.05) is 27.5 Å². The summed E-state index contributed by atoms with van der Waals surface area (Å²) in [5.41, 5.74) is -1.36. The summed E-state index contributed by atoms with van der Waals surface area (Å²) >= 11 is 8.48. The van der Waals surface area contributed by atoms with Crippen LogP contribution in [0.5, 0.6) is 0 Å². The van der Waals surface area contributed by atoms with E-state index in [2.05, 4.69) is 15.9 Å². The minimum absolute atomic E-state index is 0.0516. The van der Waals surface area contributed by atoms with Crippen LogP contribution >= 0.6 is 27.5 Å². The predicted molar refractivity (Wildman–Crippen MR) is 59.3 cm³/mol. The fourth-order valence-corrected chi connectivity index (χ4v) is 1.99. The number of aryl methyl sites for hydroxylation is 1. The molecule has 0 unspecified atom stereocenters. The van der Waals surface area contributed by atoms with Crippen molar-refractivity contribution in [1.29, 1.82) is 0 Å². The highest BCUT2D eigenvalue weighted by Gasteiger charge is 2.36. The molecule has 1 aromatic carbocycles. The number of alkyl halides is 4. The Balaban J connectivity index is 3.51. The minimum atomic E-state index is -4.55. The van der Waals surface area contributed by atoms with Gasteiger partial charge in [-0.3, -0.25) is 4.79 Å². The van der Waals surface area contributed by atoms with Gasteiger partial charge in [-0.15, -0.1) is 0 Å². The summed E-state index contributed by atoms with van der Waals surface area (Å²) < 4.78 is 38.2. The fraction of sp³-hybridized carbons (Fsp3) is 0.300. The van der Waals surface area contributed by atoms with Crippen LogP contribution in [0.3, 0.4) is 0 Å². The average molecular weight is 316 g/mol. The largest absolute Gasteiger partial charge is 0.417 e. The smallest absolute Gasteiger partial charge is 0.293 e. The molecule has 0 atom stereocenters. The number of rotatable bonds is 2. The number of hydrogen-bond donors (Lipinski definition) is 0. The van der Waals surface area contributed by atoms with Crippen LogP contribution in [0.2, 0.25) is 5.02 Å². The summed E-state index contributed by atoms with van der Waals surface area (Å²) in [5, 5.41) is -0.0506. The van der Waals surface area contributed by atoms with Crippen LogP contribution in [0, 0.1) is 6.92 Å². The molecule has 0 saturated heterocycles. The first-order valence-electron chi connectivity index (χ1n) is 4.24. The summed E-state index contributed by atoms with van der Waals surface area (Å²) in [4.78, 5) is 11.4. The van der Waals surface area contributed by atoms with Crippen LogP contribution in [0.15, 0.2) is 12.1 Å². The summed E-state index contributed by atoms with van der Waals surface area (Å²) in [5.74, 6) is -0.641. The van der Waals surface area contributed by atoms with E-state index in [1.807, 2.05) is 0 Å². The van der Waals surface area contributed by atoms with Crippen molar-refractivity contribution in [3.63, 3.8) is 0 Å². The molecule has 0 N–H and O–H groups in total. The molecule has 1 aromatic rings. The maximum Gasteiger partial charge on any atom is 0.417 e. The van der Waals surface area contributed by atoms with Crippen molar-refractivity contribution in [3.05, 3.63) is 33.8 Å². The van der Waals surface area contributed by atoms with Crippen molar-refractivity contribution in [2.24, 2.45) is 0 Å². The second kappa shape index (κ2) is 4.75. The molecule has 0 aliphatic carbocycles. The Hall–Kier alpha value is -0.550. The van der Waals surface area contributed by atoms with Gasteiger partial charge in [0.2, 0.25) is 0 Å². The molecule has 0 aromatic heterocycles. The van der Waals surface area contributed by atoms with Crippen molar-refractivity contribution in [3.8, 4) is 0 Å². The number of carbonyl (C=O) groups excluding carboxylic acids is 1. The topological polar surface area (TPSA) is 17.1 Å².